The summed E-state index contributed by atoms with van der Waals surface area (Å²) in [6.45, 7) is 0. The lowest BCUT2D eigenvalue weighted by molar-refractivity contribution is -0.112. The Morgan fingerprint density at radius 1 is 1.32 bits per heavy atom. The molecular formula is C16H10ClIN2O2. The van der Waals surface area contributed by atoms with Crippen molar-refractivity contribution in [2.24, 2.45) is 0 Å². The number of nitriles is 1. The molecule has 0 saturated heterocycles. The molecule has 0 bridgehead atoms. The number of benzene rings is 2. The fraction of sp³-hybridized carbons (Fsp3) is 0. The molecule has 4 nitrogen and oxygen atoms in total. The van der Waals surface area contributed by atoms with Crippen molar-refractivity contribution >= 4 is 51.9 Å². The third-order valence-electron chi connectivity index (χ3n) is 2.73. The van der Waals surface area contributed by atoms with Gasteiger partial charge in [0.05, 0.1) is 3.57 Å². The summed E-state index contributed by atoms with van der Waals surface area (Å²) in [7, 11) is 0. The van der Waals surface area contributed by atoms with Crippen molar-refractivity contribution < 1.29 is 9.90 Å². The van der Waals surface area contributed by atoms with E-state index in [0.29, 0.717) is 19.8 Å². The molecule has 0 aliphatic rings. The second kappa shape index (κ2) is 7.29. The Balaban J connectivity index is 2.23. The lowest BCUT2D eigenvalue weighted by atomic mass is 10.1. The van der Waals surface area contributed by atoms with Crippen LogP contribution in [0.1, 0.15) is 5.56 Å². The van der Waals surface area contributed by atoms with Crippen LogP contribution in [0.3, 0.4) is 0 Å². The highest BCUT2D eigenvalue weighted by Gasteiger charge is 2.10. The Morgan fingerprint density at radius 2 is 2.09 bits per heavy atom. The number of amides is 1. The molecule has 0 atom stereocenters. The molecule has 0 saturated carbocycles. The number of hydrogen-bond donors (Lipinski definition) is 2. The Hall–Kier alpha value is -2.04. The van der Waals surface area contributed by atoms with Gasteiger partial charge in [-0.15, -0.1) is 0 Å². The minimum atomic E-state index is -0.521. The van der Waals surface area contributed by atoms with Crippen LogP contribution in [0, 0.1) is 14.9 Å². The zero-order chi connectivity index (χ0) is 16.1. The summed E-state index contributed by atoms with van der Waals surface area (Å²) in [5.41, 5.74) is 1.13. The average Bonchev–Trinajstić information content (AvgIpc) is 2.48. The van der Waals surface area contributed by atoms with Gasteiger partial charge in [0.1, 0.15) is 17.4 Å². The number of aromatic hydroxyl groups is 1. The van der Waals surface area contributed by atoms with E-state index in [1.165, 1.54) is 12.1 Å². The summed E-state index contributed by atoms with van der Waals surface area (Å²) >= 11 is 7.82. The maximum atomic E-state index is 12.1. The van der Waals surface area contributed by atoms with E-state index in [1.807, 2.05) is 28.7 Å². The second-order valence-electron chi connectivity index (χ2n) is 4.35. The van der Waals surface area contributed by atoms with E-state index in [4.69, 9.17) is 16.9 Å². The fourth-order valence-electron chi connectivity index (χ4n) is 1.69. The summed E-state index contributed by atoms with van der Waals surface area (Å²) in [5.74, 6) is -0.368. The van der Waals surface area contributed by atoms with E-state index in [2.05, 4.69) is 5.32 Å². The van der Waals surface area contributed by atoms with Gasteiger partial charge in [-0.3, -0.25) is 4.79 Å². The highest BCUT2D eigenvalue weighted by Crippen LogP contribution is 2.22. The number of nitrogens with one attached hydrogen (secondary N) is 1. The standard InChI is InChI=1S/C16H10ClIN2O2/c17-12-2-1-3-13(8-12)20-16(22)11(9-19)6-10-4-5-15(21)14(18)7-10/h1-8,21H,(H,20,22)/b11-6+. The predicted octanol–water partition coefficient (Wildman–Crippen LogP) is 4.20. The highest BCUT2D eigenvalue weighted by molar-refractivity contribution is 14.1. The van der Waals surface area contributed by atoms with Crippen LogP contribution in [0.5, 0.6) is 5.75 Å². The second-order valence-corrected chi connectivity index (χ2v) is 5.94. The van der Waals surface area contributed by atoms with Crippen LogP contribution in [-0.2, 0) is 4.79 Å². The van der Waals surface area contributed by atoms with Gasteiger partial charge >= 0.3 is 0 Å². The quantitative estimate of drug-likeness (QED) is 0.441. The van der Waals surface area contributed by atoms with Gasteiger partial charge in [0.2, 0.25) is 0 Å². The molecule has 0 unspecified atom stereocenters. The van der Waals surface area contributed by atoms with Gasteiger partial charge in [0.25, 0.3) is 5.91 Å². The molecule has 0 fully saturated rings. The molecular weight excluding hydrogens is 415 g/mol. The first-order valence-electron chi connectivity index (χ1n) is 6.17. The molecule has 0 aliphatic heterocycles. The minimum Gasteiger partial charge on any atom is -0.507 e. The van der Waals surface area contributed by atoms with Gasteiger partial charge in [-0.1, -0.05) is 23.7 Å². The van der Waals surface area contributed by atoms with E-state index in [-0.39, 0.29) is 11.3 Å². The Bertz CT molecular complexity index is 797. The molecule has 22 heavy (non-hydrogen) atoms. The largest absolute Gasteiger partial charge is 0.507 e. The predicted molar refractivity (Wildman–Crippen MR) is 94.5 cm³/mol. The molecule has 0 spiro atoms. The van der Waals surface area contributed by atoms with E-state index in [0.717, 1.165) is 0 Å². The number of halogens is 2. The number of anilines is 1. The van der Waals surface area contributed by atoms with Crippen LogP contribution in [0.15, 0.2) is 48.0 Å². The molecule has 1 amide bonds. The zero-order valence-corrected chi connectivity index (χ0v) is 14.1. The van der Waals surface area contributed by atoms with Crippen molar-refractivity contribution in [3.63, 3.8) is 0 Å². The van der Waals surface area contributed by atoms with E-state index in [1.54, 1.807) is 36.4 Å². The first kappa shape index (κ1) is 16.3. The number of rotatable bonds is 3. The molecule has 6 heteroatoms. The van der Waals surface area contributed by atoms with Crippen LogP contribution in [0.2, 0.25) is 5.02 Å². The van der Waals surface area contributed by atoms with Crippen molar-refractivity contribution in [2.75, 3.05) is 5.32 Å². The Labute approximate surface area is 146 Å². The number of carbonyl (C=O) groups excluding carboxylic acids is 1. The number of hydrogen-bond acceptors (Lipinski definition) is 3. The van der Waals surface area contributed by atoms with Gasteiger partial charge < -0.3 is 10.4 Å². The summed E-state index contributed by atoms with van der Waals surface area (Å²) < 4.78 is 0.638. The van der Waals surface area contributed by atoms with Crippen molar-refractivity contribution in [3.8, 4) is 11.8 Å². The minimum absolute atomic E-state index is 0.0403. The summed E-state index contributed by atoms with van der Waals surface area (Å²) in [5, 5.41) is 21.7. The topological polar surface area (TPSA) is 73.1 Å². The molecule has 110 valence electrons. The van der Waals surface area contributed by atoms with Gasteiger partial charge in [-0.2, -0.15) is 5.26 Å². The molecule has 2 aromatic carbocycles. The summed E-state index contributed by atoms with van der Waals surface area (Å²) in [6, 6.07) is 13.4. The summed E-state index contributed by atoms with van der Waals surface area (Å²) in [6.07, 6.45) is 1.46. The Morgan fingerprint density at radius 3 is 2.73 bits per heavy atom. The van der Waals surface area contributed by atoms with Crippen LogP contribution in [0.25, 0.3) is 6.08 Å². The molecule has 2 aromatic rings. The highest BCUT2D eigenvalue weighted by atomic mass is 127. The van der Waals surface area contributed by atoms with Gasteiger partial charge in [-0.25, -0.2) is 0 Å². The fourth-order valence-corrected chi connectivity index (χ4v) is 2.42. The van der Waals surface area contributed by atoms with Crippen LogP contribution < -0.4 is 5.32 Å². The van der Waals surface area contributed by atoms with E-state index < -0.39 is 5.91 Å². The lowest BCUT2D eigenvalue weighted by Crippen LogP contribution is -2.13. The maximum absolute atomic E-state index is 12.1. The van der Waals surface area contributed by atoms with Crippen molar-refractivity contribution in [1.29, 1.82) is 5.26 Å². The van der Waals surface area contributed by atoms with Gasteiger partial charge in [0, 0.05) is 10.7 Å². The smallest absolute Gasteiger partial charge is 0.266 e. The third kappa shape index (κ3) is 4.23. The van der Waals surface area contributed by atoms with Gasteiger partial charge in [0.15, 0.2) is 0 Å². The molecule has 2 rings (SSSR count). The molecule has 0 radical (unpaired) electrons. The van der Waals surface area contributed by atoms with E-state index >= 15 is 0 Å². The first-order valence-corrected chi connectivity index (χ1v) is 7.62. The third-order valence-corrected chi connectivity index (χ3v) is 3.83. The molecule has 2 N–H and O–H groups in total. The number of nitrogens with zero attached hydrogens (tertiary/aromatic N) is 1. The van der Waals surface area contributed by atoms with Crippen LogP contribution >= 0.6 is 34.2 Å². The molecule has 0 aromatic heterocycles. The Kier molecular flexibility index (Phi) is 5.41. The molecule has 0 aliphatic carbocycles. The molecule has 0 heterocycles. The zero-order valence-electron chi connectivity index (χ0n) is 11.2. The maximum Gasteiger partial charge on any atom is 0.266 e. The van der Waals surface area contributed by atoms with Crippen LogP contribution in [-0.4, -0.2) is 11.0 Å². The monoisotopic (exact) mass is 424 g/mol. The van der Waals surface area contributed by atoms with Crippen molar-refractivity contribution in [1.82, 2.24) is 0 Å². The van der Waals surface area contributed by atoms with Crippen molar-refractivity contribution in [2.45, 2.75) is 0 Å². The number of phenols is 1. The van der Waals surface area contributed by atoms with E-state index in [9.17, 15) is 9.90 Å². The lowest BCUT2D eigenvalue weighted by Gasteiger charge is -2.05. The number of carbonyl (C=O) groups is 1. The SMILES string of the molecule is N#C/C(=C\c1ccc(O)c(I)c1)C(=O)Nc1cccc(Cl)c1. The van der Waals surface area contributed by atoms with Crippen molar-refractivity contribution in [3.05, 3.63) is 62.2 Å². The normalized spacial score (nSPS) is 10.9. The van der Waals surface area contributed by atoms with Gasteiger partial charge in [-0.05, 0) is 64.6 Å². The first-order chi connectivity index (χ1) is 10.5. The number of phenolic OH excluding ortho intramolecular Hbond substituents is 1. The summed E-state index contributed by atoms with van der Waals surface area (Å²) in [4.78, 5) is 12.1. The average molecular weight is 425 g/mol. The van der Waals surface area contributed by atoms with Crippen LogP contribution in [0.4, 0.5) is 5.69 Å².